The summed E-state index contributed by atoms with van der Waals surface area (Å²) in [7, 11) is 1.46. The summed E-state index contributed by atoms with van der Waals surface area (Å²) in [6.45, 7) is 1.17. The number of benzene rings is 1. The number of aromatic nitrogens is 1. The molecule has 0 bridgehead atoms. The number of halogens is 2. The summed E-state index contributed by atoms with van der Waals surface area (Å²) < 4.78 is 26.5. The lowest BCUT2D eigenvalue weighted by molar-refractivity contribution is -0.132. The number of carbonyl (C=O) groups is 3. The Morgan fingerprint density at radius 2 is 1.92 bits per heavy atom. The van der Waals surface area contributed by atoms with Crippen LogP contribution in [-0.2, 0) is 4.79 Å². The number of likely N-dealkylation sites (N-methyl/N-ethyl adjacent to an activating group) is 1. The van der Waals surface area contributed by atoms with Crippen molar-refractivity contribution in [2.24, 2.45) is 0 Å². The van der Waals surface area contributed by atoms with Crippen molar-refractivity contribution < 1.29 is 23.2 Å². The van der Waals surface area contributed by atoms with E-state index in [0.29, 0.717) is 5.56 Å². The number of imide groups is 1. The van der Waals surface area contributed by atoms with Gasteiger partial charge in [0.05, 0.1) is 11.6 Å². The van der Waals surface area contributed by atoms with Crippen LogP contribution in [0.3, 0.4) is 0 Å². The quantitative estimate of drug-likeness (QED) is 0.785. The van der Waals surface area contributed by atoms with Gasteiger partial charge in [0, 0.05) is 13.2 Å². The first-order valence-corrected chi connectivity index (χ1v) is 7.83. The average molecular weight is 359 g/mol. The smallest absolute Gasteiger partial charge is 0.280 e. The Kier molecular flexibility index (Phi) is 4.50. The lowest BCUT2D eigenvalue weighted by Crippen LogP contribution is -2.42. The SMILES string of the molecule is CC(c1ccc(F)c(F)c1)N(C)C(=O)CN1C(=O)c2cccnc2C1=O. The Morgan fingerprint density at radius 3 is 2.58 bits per heavy atom. The van der Waals surface area contributed by atoms with Crippen molar-refractivity contribution in [3.8, 4) is 0 Å². The number of hydrogen-bond donors (Lipinski definition) is 0. The maximum Gasteiger partial charge on any atom is 0.280 e. The van der Waals surface area contributed by atoms with Crippen molar-refractivity contribution >= 4 is 17.7 Å². The van der Waals surface area contributed by atoms with E-state index in [2.05, 4.69) is 4.98 Å². The van der Waals surface area contributed by atoms with Crippen molar-refractivity contribution in [1.29, 1.82) is 0 Å². The first-order valence-electron chi connectivity index (χ1n) is 7.83. The summed E-state index contributed by atoms with van der Waals surface area (Å²) in [6.07, 6.45) is 1.40. The second-order valence-electron chi connectivity index (χ2n) is 5.95. The van der Waals surface area contributed by atoms with E-state index in [0.717, 1.165) is 17.0 Å². The van der Waals surface area contributed by atoms with Crippen LogP contribution in [-0.4, -0.2) is 46.1 Å². The predicted octanol–water partition coefficient (Wildman–Crippen LogP) is 2.18. The molecule has 3 amide bonds. The van der Waals surface area contributed by atoms with Gasteiger partial charge in [-0.15, -0.1) is 0 Å². The van der Waals surface area contributed by atoms with Crippen molar-refractivity contribution in [2.75, 3.05) is 13.6 Å². The van der Waals surface area contributed by atoms with Gasteiger partial charge in [0.1, 0.15) is 12.2 Å². The van der Waals surface area contributed by atoms with Crippen LogP contribution in [0.2, 0.25) is 0 Å². The van der Waals surface area contributed by atoms with Crippen LogP contribution >= 0.6 is 0 Å². The van der Waals surface area contributed by atoms with Crippen LogP contribution < -0.4 is 0 Å². The summed E-state index contributed by atoms with van der Waals surface area (Å²) in [5.41, 5.74) is 0.562. The van der Waals surface area contributed by atoms with Gasteiger partial charge in [0.15, 0.2) is 11.6 Å². The lowest BCUT2D eigenvalue weighted by atomic mass is 10.1. The highest BCUT2D eigenvalue weighted by atomic mass is 19.2. The van der Waals surface area contributed by atoms with E-state index in [4.69, 9.17) is 0 Å². The molecule has 1 aliphatic rings. The maximum atomic E-state index is 13.4. The van der Waals surface area contributed by atoms with E-state index >= 15 is 0 Å². The van der Waals surface area contributed by atoms with Crippen LogP contribution in [0.15, 0.2) is 36.5 Å². The lowest BCUT2D eigenvalue weighted by Gasteiger charge is -2.27. The van der Waals surface area contributed by atoms with Gasteiger partial charge in [-0.2, -0.15) is 0 Å². The third-order valence-corrected chi connectivity index (χ3v) is 4.42. The van der Waals surface area contributed by atoms with Gasteiger partial charge in [-0.05, 0) is 36.8 Å². The fourth-order valence-corrected chi connectivity index (χ4v) is 2.72. The molecule has 0 N–H and O–H groups in total. The molecule has 0 saturated carbocycles. The van der Waals surface area contributed by atoms with E-state index in [-0.39, 0.29) is 11.3 Å². The van der Waals surface area contributed by atoms with Gasteiger partial charge < -0.3 is 4.90 Å². The minimum atomic E-state index is -1.01. The first-order chi connectivity index (χ1) is 12.3. The standard InChI is InChI=1S/C18H15F2N3O3/c1-10(11-5-6-13(19)14(20)8-11)22(2)15(24)9-23-17(25)12-4-3-7-21-16(12)18(23)26/h3-8,10H,9H2,1-2H3. The average Bonchev–Trinajstić information content (AvgIpc) is 2.88. The van der Waals surface area contributed by atoms with Crippen molar-refractivity contribution in [3.05, 3.63) is 65.0 Å². The largest absolute Gasteiger partial charge is 0.337 e. The maximum absolute atomic E-state index is 13.4. The number of rotatable bonds is 4. The summed E-state index contributed by atoms with van der Waals surface area (Å²) >= 11 is 0. The zero-order valence-corrected chi connectivity index (χ0v) is 14.1. The van der Waals surface area contributed by atoms with Gasteiger partial charge >= 0.3 is 0 Å². The minimum absolute atomic E-state index is 0.0154. The fraction of sp³-hybridized carbons (Fsp3) is 0.222. The molecule has 0 spiro atoms. The molecule has 134 valence electrons. The third-order valence-electron chi connectivity index (χ3n) is 4.42. The molecule has 0 saturated heterocycles. The second-order valence-corrected chi connectivity index (χ2v) is 5.95. The van der Waals surface area contributed by atoms with Gasteiger partial charge in [-0.25, -0.2) is 8.78 Å². The molecule has 1 aliphatic heterocycles. The molecule has 1 aromatic heterocycles. The summed E-state index contributed by atoms with van der Waals surface area (Å²) in [5.74, 6) is -3.72. The molecule has 1 aromatic carbocycles. The molecule has 0 fully saturated rings. The topological polar surface area (TPSA) is 70.6 Å². The number of carbonyl (C=O) groups excluding carboxylic acids is 3. The molecule has 2 heterocycles. The number of pyridine rings is 1. The monoisotopic (exact) mass is 359 g/mol. The third kappa shape index (κ3) is 2.94. The molecule has 0 aliphatic carbocycles. The number of fused-ring (bicyclic) bond motifs is 1. The highest BCUT2D eigenvalue weighted by Gasteiger charge is 2.38. The normalized spacial score (nSPS) is 14.4. The van der Waals surface area contributed by atoms with Gasteiger partial charge in [-0.3, -0.25) is 24.3 Å². The van der Waals surface area contributed by atoms with E-state index in [9.17, 15) is 23.2 Å². The molecule has 8 heteroatoms. The van der Waals surface area contributed by atoms with E-state index < -0.39 is 41.9 Å². The molecule has 26 heavy (non-hydrogen) atoms. The van der Waals surface area contributed by atoms with Crippen LogP contribution in [0.25, 0.3) is 0 Å². The van der Waals surface area contributed by atoms with Crippen molar-refractivity contribution in [2.45, 2.75) is 13.0 Å². The van der Waals surface area contributed by atoms with Crippen LogP contribution in [0, 0.1) is 11.6 Å². The predicted molar refractivity (Wildman–Crippen MR) is 87.1 cm³/mol. The van der Waals surface area contributed by atoms with Crippen molar-refractivity contribution in [1.82, 2.24) is 14.8 Å². The van der Waals surface area contributed by atoms with Crippen LogP contribution in [0.1, 0.15) is 39.4 Å². The summed E-state index contributed by atoms with van der Waals surface area (Å²) in [6, 6.07) is 5.79. The Morgan fingerprint density at radius 1 is 1.19 bits per heavy atom. The van der Waals surface area contributed by atoms with Gasteiger partial charge in [0.2, 0.25) is 5.91 Å². The molecule has 3 rings (SSSR count). The highest BCUT2D eigenvalue weighted by molar-refractivity contribution is 6.21. The van der Waals surface area contributed by atoms with Crippen molar-refractivity contribution in [3.63, 3.8) is 0 Å². The van der Waals surface area contributed by atoms with Gasteiger partial charge in [-0.1, -0.05) is 6.07 Å². The fourth-order valence-electron chi connectivity index (χ4n) is 2.72. The highest BCUT2D eigenvalue weighted by Crippen LogP contribution is 2.23. The van der Waals surface area contributed by atoms with Crippen LogP contribution in [0.4, 0.5) is 8.78 Å². The minimum Gasteiger partial charge on any atom is -0.337 e. The summed E-state index contributed by atoms with van der Waals surface area (Å²) in [4.78, 5) is 43.0. The second kappa shape index (κ2) is 6.62. The molecular formula is C18H15F2N3O3. The molecule has 1 unspecified atom stereocenters. The Bertz CT molecular complexity index is 881. The Labute approximate surface area is 148 Å². The summed E-state index contributed by atoms with van der Waals surface area (Å²) in [5, 5.41) is 0. The van der Waals surface area contributed by atoms with E-state index in [1.807, 2.05) is 0 Å². The first kappa shape index (κ1) is 17.7. The Hall–Kier alpha value is -3.16. The zero-order chi connectivity index (χ0) is 19.0. The molecule has 6 nitrogen and oxygen atoms in total. The zero-order valence-electron chi connectivity index (χ0n) is 14.1. The molecule has 1 atom stereocenters. The number of amides is 3. The van der Waals surface area contributed by atoms with E-state index in [1.165, 1.54) is 36.3 Å². The Balaban J connectivity index is 1.75. The molecule has 2 aromatic rings. The number of hydrogen-bond acceptors (Lipinski definition) is 4. The molecule has 0 radical (unpaired) electrons. The van der Waals surface area contributed by atoms with E-state index in [1.54, 1.807) is 6.92 Å². The van der Waals surface area contributed by atoms with Crippen LogP contribution in [0.5, 0.6) is 0 Å². The van der Waals surface area contributed by atoms with Gasteiger partial charge in [0.25, 0.3) is 11.8 Å². The number of nitrogens with zero attached hydrogens (tertiary/aromatic N) is 3. The molecular weight excluding hydrogens is 344 g/mol.